The van der Waals surface area contributed by atoms with Crippen LogP contribution >= 0.6 is 0 Å². The van der Waals surface area contributed by atoms with Gasteiger partial charge in [-0.05, 0) is 46.2 Å². The number of rotatable bonds is 4. The number of fused-ring (bicyclic) bond motifs is 6. The van der Waals surface area contributed by atoms with Gasteiger partial charge >= 0.3 is 0 Å². The second-order valence-corrected chi connectivity index (χ2v) is 11.1. The predicted molar refractivity (Wildman–Crippen MR) is 182 cm³/mol. The van der Waals surface area contributed by atoms with Crippen LogP contribution in [0.15, 0.2) is 158 Å². The molecule has 4 heteroatoms. The number of hydrogen-bond acceptors (Lipinski definition) is 2. The summed E-state index contributed by atoms with van der Waals surface area (Å²) in [4.78, 5) is 10.6. The van der Waals surface area contributed by atoms with Crippen LogP contribution in [0, 0.1) is 0 Å². The Bertz CT molecular complexity index is 2470. The zero-order valence-corrected chi connectivity index (χ0v) is 23.8. The largest absolute Gasteiger partial charge is 0.321 e. The standard InChI is InChI=1S/C40H26N4/c1-3-11-27(12-4-1)28-19-21-30(22-20-28)39-34-25-43(31-14-5-2-6-15-31)26-35(34)41-40(42-39)44-36-18-10-9-17-33(36)38-32-16-8-7-13-29(32)23-24-37(38)44/h1-26H. The van der Waals surface area contributed by atoms with Crippen LogP contribution in [0.25, 0.3) is 77.5 Å². The normalized spacial score (nSPS) is 11.6. The highest BCUT2D eigenvalue weighted by atomic mass is 15.2. The molecule has 0 radical (unpaired) electrons. The van der Waals surface area contributed by atoms with Gasteiger partial charge in [0.1, 0.15) is 0 Å². The maximum Gasteiger partial charge on any atom is 0.235 e. The van der Waals surface area contributed by atoms with Gasteiger partial charge in [-0.1, -0.05) is 121 Å². The quantitative estimate of drug-likeness (QED) is 0.214. The first-order chi connectivity index (χ1) is 21.8. The first kappa shape index (κ1) is 24.6. The van der Waals surface area contributed by atoms with Crippen molar-refractivity contribution in [3.05, 3.63) is 158 Å². The summed E-state index contributed by atoms with van der Waals surface area (Å²) in [6.07, 6.45) is 4.26. The van der Waals surface area contributed by atoms with E-state index >= 15 is 0 Å². The Morgan fingerprint density at radius 3 is 1.91 bits per heavy atom. The van der Waals surface area contributed by atoms with Gasteiger partial charge in [-0.3, -0.25) is 4.57 Å². The minimum atomic E-state index is 0.659. The second-order valence-electron chi connectivity index (χ2n) is 11.1. The van der Waals surface area contributed by atoms with Crippen molar-refractivity contribution in [3.63, 3.8) is 0 Å². The molecule has 0 aliphatic carbocycles. The molecule has 0 atom stereocenters. The van der Waals surface area contributed by atoms with E-state index in [1.807, 2.05) is 12.1 Å². The molecule has 0 spiro atoms. The van der Waals surface area contributed by atoms with E-state index in [1.165, 1.54) is 32.7 Å². The minimum Gasteiger partial charge on any atom is -0.321 e. The van der Waals surface area contributed by atoms with E-state index in [1.54, 1.807) is 0 Å². The van der Waals surface area contributed by atoms with Gasteiger partial charge in [0.2, 0.25) is 5.95 Å². The molecule has 0 N–H and O–H groups in total. The highest BCUT2D eigenvalue weighted by molar-refractivity contribution is 6.21. The molecule has 0 saturated heterocycles. The lowest BCUT2D eigenvalue weighted by atomic mass is 10.0. The molecule has 44 heavy (non-hydrogen) atoms. The van der Waals surface area contributed by atoms with Crippen LogP contribution in [-0.4, -0.2) is 19.1 Å². The monoisotopic (exact) mass is 562 g/mol. The van der Waals surface area contributed by atoms with E-state index in [9.17, 15) is 0 Å². The highest BCUT2D eigenvalue weighted by Crippen LogP contribution is 2.38. The van der Waals surface area contributed by atoms with Crippen molar-refractivity contribution in [1.82, 2.24) is 19.1 Å². The summed E-state index contributed by atoms with van der Waals surface area (Å²) in [6, 6.07) is 51.1. The van der Waals surface area contributed by atoms with Gasteiger partial charge in [-0.25, -0.2) is 9.97 Å². The van der Waals surface area contributed by atoms with Crippen molar-refractivity contribution in [2.45, 2.75) is 0 Å². The van der Waals surface area contributed by atoms with Crippen LogP contribution in [0.4, 0.5) is 0 Å². The Hall–Kier alpha value is -6.00. The van der Waals surface area contributed by atoms with E-state index < -0.39 is 0 Å². The molecule has 0 fully saturated rings. The summed E-state index contributed by atoms with van der Waals surface area (Å²) in [5.74, 6) is 0.659. The molecule has 4 nitrogen and oxygen atoms in total. The third-order valence-corrected chi connectivity index (χ3v) is 8.57. The average Bonchev–Trinajstić information content (AvgIpc) is 3.68. The number of aromatic nitrogens is 4. The SMILES string of the molecule is c1ccc(-c2ccc(-c3nc(-n4c5ccccc5c5c6ccccc6ccc54)nc4cn(-c5ccccc5)cc34)cc2)cc1. The van der Waals surface area contributed by atoms with Crippen molar-refractivity contribution >= 4 is 43.5 Å². The van der Waals surface area contributed by atoms with Crippen LogP contribution in [0.2, 0.25) is 0 Å². The van der Waals surface area contributed by atoms with Gasteiger partial charge < -0.3 is 4.57 Å². The fraction of sp³-hybridized carbons (Fsp3) is 0. The third-order valence-electron chi connectivity index (χ3n) is 8.57. The Balaban J connectivity index is 1.32. The van der Waals surface area contributed by atoms with Crippen molar-refractivity contribution in [1.29, 1.82) is 0 Å². The Kier molecular flexibility index (Phi) is 5.47. The molecule has 3 aromatic heterocycles. The molecule has 0 unspecified atom stereocenters. The van der Waals surface area contributed by atoms with E-state index in [2.05, 4.69) is 155 Å². The van der Waals surface area contributed by atoms with Crippen molar-refractivity contribution in [2.24, 2.45) is 0 Å². The summed E-state index contributed by atoms with van der Waals surface area (Å²) in [5.41, 5.74) is 8.49. The van der Waals surface area contributed by atoms with Crippen LogP contribution in [0.1, 0.15) is 0 Å². The fourth-order valence-corrected chi connectivity index (χ4v) is 6.48. The predicted octanol–water partition coefficient (Wildman–Crippen LogP) is 10.0. The van der Waals surface area contributed by atoms with Crippen LogP contribution < -0.4 is 0 Å². The molecule has 206 valence electrons. The number of para-hydroxylation sites is 2. The summed E-state index contributed by atoms with van der Waals surface area (Å²) in [7, 11) is 0. The van der Waals surface area contributed by atoms with Gasteiger partial charge in [0.05, 0.1) is 22.2 Å². The zero-order valence-electron chi connectivity index (χ0n) is 23.8. The van der Waals surface area contributed by atoms with Gasteiger partial charge in [0, 0.05) is 39.8 Å². The summed E-state index contributed by atoms with van der Waals surface area (Å²) < 4.78 is 4.36. The molecule has 0 saturated carbocycles. The molecule has 0 aliphatic heterocycles. The highest BCUT2D eigenvalue weighted by Gasteiger charge is 2.19. The molecule has 0 bridgehead atoms. The van der Waals surface area contributed by atoms with E-state index in [0.29, 0.717) is 5.95 Å². The van der Waals surface area contributed by atoms with Crippen LogP contribution in [-0.2, 0) is 0 Å². The lowest BCUT2D eigenvalue weighted by molar-refractivity contribution is 1.01. The second kappa shape index (κ2) is 9.79. The average molecular weight is 563 g/mol. The number of benzene rings is 6. The van der Waals surface area contributed by atoms with E-state index in [4.69, 9.17) is 9.97 Å². The smallest absolute Gasteiger partial charge is 0.235 e. The number of hydrogen-bond donors (Lipinski definition) is 0. The Morgan fingerprint density at radius 2 is 1.09 bits per heavy atom. The maximum atomic E-state index is 5.34. The molecular formula is C40H26N4. The molecule has 6 aromatic carbocycles. The summed E-state index contributed by atoms with van der Waals surface area (Å²) in [5, 5.41) is 5.87. The molecule has 0 amide bonds. The summed E-state index contributed by atoms with van der Waals surface area (Å²) in [6.45, 7) is 0. The Labute approximate surface area is 254 Å². The van der Waals surface area contributed by atoms with Crippen molar-refractivity contribution < 1.29 is 0 Å². The molecule has 3 heterocycles. The third kappa shape index (κ3) is 3.85. The number of nitrogens with zero attached hydrogens (tertiary/aromatic N) is 4. The molecule has 9 rings (SSSR count). The molecule has 0 aliphatic rings. The zero-order chi connectivity index (χ0) is 29.0. The summed E-state index contributed by atoms with van der Waals surface area (Å²) >= 11 is 0. The first-order valence-corrected chi connectivity index (χ1v) is 14.8. The van der Waals surface area contributed by atoms with Crippen molar-refractivity contribution in [3.8, 4) is 34.0 Å². The lowest BCUT2D eigenvalue weighted by Crippen LogP contribution is -2.02. The fourth-order valence-electron chi connectivity index (χ4n) is 6.48. The molecule has 9 aromatic rings. The lowest BCUT2D eigenvalue weighted by Gasteiger charge is -2.11. The van der Waals surface area contributed by atoms with E-state index in [0.717, 1.165) is 38.9 Å². The van der Waals surface area contributed by atoms with Crippen molar-refractivity contribution in [2.75, 3.05) is 0 Å². The van der Waals surface area contributed by atoms with Gasteiger partial charge in [-0.15, -0.1) is 0 Å². The van der Waals surface area contributed by atoms with Gasteiger partial charge in [0.25, 0.3) is 0 Å². The Morgan fingerprint density at radius 1 is 0.432 bits per heavy atom. The topological polar surface area (TPSA) is 35.6 Å². The molecular weight excluding hydrogens is 536 g/mol. The maximum absolute atomic E-state index is 5.34. The van der Waals surface area contributed by atoms with Crippen LogP contribution in [0.5, 0.6) is 0 Å². The van der Waals surface area contributed by atoms with Gasteiger partial charge in [0.15, 0.2) is 0 Å². The minimum absolute atomic E-state index is 0.659. The van der Waals surface area contributed by atoms with Gasteiger partial charge in [-0.2, -0.15) is 0 Å². The van der Waals surface area contributed by atoms with E-state index in [-0.39, 0.29) is 0 Å². The van der Waals surface area contributed by atoms with Crippen LogP contribution in [0.3, 0.4) is 0 Å². The first-order valence-electron chi connectivity index (χ1n) is 14.8.